The molecule has 1 aromatic rings. The maximum atomic E-state index is 12.5. The van der Waals surface area contributed by atoms with Crippen LogP contribution in [0.5, 0.6) is 5.75 Å². The van der Waals surface area contributed by atoms with E-state index in [1.54, 1.807) is 0 Å². The van der Waals surface area contributed by atoms with Crippen LogP contribution in [0.25, 0.3) is 0 Å². The minimum absolute atomic E-state index is 0.222. The van der Waals surface area contributed by atoms with E-state index in [1.807, 2.05) is 0 Å². The predicted molar refractivity (Wildman–Crippen MR) is 47.4 cm³/mol. The van der Waals surface area contributed by atoms with Crippen molar-refractivity contribution in [3.8, 4) is 11.8 Å². The lowest BCUT2D eigenvalue weighted by Gasteiger charge is -2.14. The van der Waals surface area contributed by atoms with Crippen LogP contribution in [0.4, 0.5) is 26.3 Å². The van der Waals surface area contributed by atoms with Gasteiger partial charge >= 0.3 is 12.5 Å². The summed E-state index contributed by atoms with van der Waals surface area (Å²) in [7, 11) is 0. The number of nitriles is 1. The Bertz CT molecular complexity index is 471. The van der Waals surface area contributed by atoms with E-state index in [4.69, 9.17) is 5.26 Å². The molecule has 0 unspecified atom stereocenters. The molecule has 0 aliphatic heterocycles. The maximum absolute atomic E-state index is 12.5. The molecule has 1 aromatic carbocycles. The van der Waals surface area contributed by atoms with Gasteiger partial charge in [0.15, 0.2) is 0 Å². The maximum Gasteiger partial charge on any atom is 0.573 e. The van der Waals surface area contributed by atoms with E-state index >= 15 is 0 Å². The summed E-state index contributed by atoms with van der Waals surface area (Å²) in [5, 5.41) is 8.34. The van der Waals surface area contributed by atoms with E-state index in [1.165, 1.54) is 6.07 Å². The topological polar surface area (TPSA) is 33.0 Å². The van der Waals surface area contributed by atoms with Crippen LogP contribution < -0.4 is 4.74 Å². The van der Waals surface area contributed by atoms with Gasteiger partial charge in [-0.15, -0.1) is 13.2 Å². The second kappa shape index (κ2) is 4.76. The normalized spacial score (nSPS) is 12.1. The summed E-state index contributed by atoms with van der Waals surface area (Å²) in [6.45, 7) is 0. The zero-order valence-electron chi connectivity index (χ0n) is 8.56. The van der Waals surface area contributed by atoms with Crippen molar-refractivity contribution < 1.29 is 31.1 Å². The van der Waals surface area contributed by atoms with Gasteiger partial charge in [0, 0.05) is 0 Å². The lowest BCUT2D eigenvalue weighted by molar-refractivity contribution is -0.274. The van der Waals surface area contributed by atoms with E-state index in [9.17, 15) is 26.3 Å². The molecule has 0 saturated carbocycles. The highest BCUT2D eigenvalue weighted by Crippen LogP contribution is 2.35. The third-order valence-electron chi connectivity index (χ3n) is 1.89. The summed E-state index contributed by atoms with van der Waals surface area (Å²) in [6, 6.07) is 3.24. The van der Waals surface area contributed by atoms with E-state index in [0.717, 1.165) is 12.1 Å². The number of halogens is 6. The average molecular weight is 269 g/mol. The molecule has 0 radical (unpaired) electrons. The number of nitrogens with zero attached hydrogens (tertiary/aromatic N) is 1. The third-order valence-corrected chi connectivity index (χ3v) is 1.89. The number of ether oxygens (including phenoxy) is 1. The monoisotopic (exact) mass is 269 g/mol. The van der Waals surface area contributed by atoms with Gasteiger partial charge in [0.2, 0.25) is 0 Å². The molecular weight excluding hydrogens is 264 g/mol. The number of alkyl halides is 6. The highest BCUT2D eigenvalue weighted by Gasteiger charge is 2.36. The molecule has 18 heavy (non-hydrogen) atoms. The molecule has 0 spiro atoms. The molecule has 0 N–H and O–H groups in total. The first-order valence-electron chi connectivity index (χ1n) is 4.46. The molecule has 0 fully saturated rings. The van der Waals surface area contributed by atoms with Crippen molar-refractivity contribution in [2.24, 2.45) is 0 Å². The van der Waals surface area contributed by atoms with E-state index in [0.29, 0.717) is 0 Å². The Morgan fingerprint density at radius 3 is 2.17 bits per heavy atom. The molecule has 98 valence electrons. The summed E-state index contributed by atoms with van der Waals surface area (Å²) in [5.74, 6) is -0.975. The van der Waals surface area contributed by atoms with E-state index in [-0.39, 0.29) is 6.07 Å². The van der Waals surface area contributed by atoms with E-state index < -0.39 is 35.8 Å². The summed E-state index contributed by atoms with van der Waals surface area (Å²) in [6.07, 6.45) is -10.5. The van der Waals surface area contributed by atoms with Gasteiger partial charge in [-0.05, 0) is 17.7 Å². The number of benzene rings is 1. The molecule has 0 aliphatic rings. The Kier molecular flexibility index (Phi) is 3.74. The van der Waals surface area contributed by atoms with Gasteiger partial charge in [-0.1, -0.05) is 6.07 Å². The Labute approximate surface area is 97.4 Å². The second-order valence-electron chi connectivity index (χ2n) is 3.20. The minimum Gasteiger partial charge on any atom is -0.406 e. The Hall–Kier alpha value is -1.91. The Balaban J connectivity index is 3.18. The van der Waals surface area contributed by atoms with Crippen molar-refractivity contribution in [1.29, 1.82) is 5.26 Å². The van der Waals surface area contributed by atoms with Crippen LogP contribution >= 0.6 is 0 Å². The van der Waals surface area contributed by atoms with Crippen molar-refractivity contribution in [1.82, 2.24) is 0 Å². The molecule has 0 aliphatic carbocycles. The van der Waals surface area contributed by atoms with Crippen LogP contribution in [0.15, 0.2) is 18.2 Å². The van der Waals surface area contributed by atoms with Crippen molar-refractivity contribution in [3.05, 3.63) is 29.3 Å². The van der Waals surface area contributed by atoms with Crippen LogP contribution in [0.1, 0.15) is 11.1 Å². The average Bonchev–Trinajstić information content (AvgIpc) is 2.16. The van der Waals surface area contributed by atoms with Gasteiger partial charge in [-0.2, -0.15) is 18.4 Å². The summed E-state index contributed by atoms with van der Waals surface area (Å²) in [4.78, 5) is 0. The Morgan fingerprint density at radius 2 is 1.72 bits per heavy atom. The number of hydrogen-bond acceptors (Lipinski definition) is 2. The summed E-state index contributed by atoms with van der Waals surface area (Å²) in [5.41, 5.74) is -1.72. The minimum atomic E-state index is -5.07. The van der Waals surface area contributed by atoms with Gasteiger partial charge in [-0.25, -0.2) is 0 Å². The van der Waals surface area contributed by atoms with Crippen molar-refractivity contribution in [2.75, 3.05) is 0 Å². The van der Waals surface area contributed by atoms with Crippen LogP contribution in [-0.4, -0.2) is 6.36 Å². The largest absolute Gasteiger partial charge is 0.573 e. The first-order valence-corrected chi connectivity index (χ1v) is 4.46. The zero-order chi connectivity index (χ0) is 14.0. The van der Waals surface area contributed by atoms with Gasteiger partial charge in [0.25, 0.3) is 0 Å². The molecule has 0 bridgehead atoms. The van der Waals surface area contributed by atoms with E-state index in [2.05, 4.69) is 4.74 Å². The standard InChI is InChI=1S/C10H5F6NO/c11-9(12,13)8-5-7(18-10(14,15)16)2-1-6(8)3-4-17/h1-2,5H,3H2. The number of hydrogen-bond donors (Lipinski definition) is 0. The van der Waals surface area contributed by atoms with Gasteiger partial charge in [0.05, 0.1) is 18.1 Å². The first kappa shape index (κ1) is 14.2. The fourth-order valence-corrected chi connectivity index (χ4v) is 1.26. The van der Waals surface area contributed by atoms with Gasteiger partial charge in [-0.3, -0.25) is 0 Å². The van der Waals surface area contributed by atoms with Crippen LogP contribution in [0.3, 0.4) is 0 Å². The zero-order valence-corrected chi connectivity index (χ0v) is 8.56. The highest BCUT2D eigenvalue weighted by atomic mass is 19.4. The summed E-state index contributed by atoms with van der Waals surface area (Å²) < 4.78 is 76.6. The lowest BCUT2D eigenvalue weighted by Crippen LogP contribution is -2.18. The van der Waals surface area contributed by atoms with Crippen LogP contribution in [0.2, 0.25) is 0 Å². The first-order chi connectivity index (χ1) is 8.13. The van der Waals surface area contributed by atoms with Crippen molar-refractivity contribution in [3.63, 3.8) is 0 Å². The smallest absolute Gasteiger partial charge is 0.406 e. The molecule has 1 rings (SSSR count). The molecule has 0 amide bonds. The lowest BCUT2D eigenvalue weighted by atomic mass is 10.0. The quantitative estimate of drug-likeness (QED) is 0.767. The van der Waals surface area contributed by atoms with Gasteiger partial charge < -0.3 is 4.74 Å². The van der Waals surface area contributed by atoms with Crippen molar-refractivity contribution >= 4 is 0 Å². The molecule has 0 heterocycles. The van der Waals surface area contributed by atoms with Crippen molar-refractivity contribution in [2.45, 2.75) is 19.0 Å². The fourth-order valence-electron chi connectivity index (χ4n) is 1.26. The molecule has 0 atom stereocenters. The molecular formula is C10H5F6NO. The second-order valence-corrected chi connectivity index (χ2v) is 3.20. The molecule has 8 heteroatoms. The fraction of sp³-hybridized carbons (Fsp3) is 0.300. The number of rotatable bonds is 2. The molecule has 0 saturated heterocycles. The molecule has 0 aromatic heterocycles. The predicted octanol–water partition coefficient (Wildman–Crippen LogP) is 3.67. The molecule has 2 nitrogen and oxygen atoms in total. The van der Waals surface area contributed by atoms with Crippen LogP contribution in [-0.2, 0) is 12.6 Å². The van der Waals surface area contributed by atoms with Crippen LogP contribution in [0, 0.1) is 11.3 Å². The summed E-state index contributed by atoms with van der Waals surface area (Å²) >= 11 is 0. The highest BCUT2D eigenvalue weighted by molar-refractivity contribution is 5.39. The SMILES string of the molecule is N#CCc1ccc(OC(F)(F)F)cc1C(F)(F)F. The third kappa shape index (κ3) is 3.84. The Morgan fingerprint density at radius 1 is 1.11 bits per heavy atom. The van der Waals surface area contributed by atoms with Gasteiger partial charge in [0.1, 0.15) is 5.75 Å².